The number of thiophene rings is 1. The molecule has 0 aliphatic heterocycles. The van der Waals surface area contributed by atoms with Crippen molar-refractivity contribution in [3.05, 3.63) is 68.3 Å². The lowest BCUT2D eigenvalue weighted by Crippen LogP contribution is -2.29. The number of amides is 1. The molecular formula is C14H10ClN3OS2. The van der Waals surface area contributed by atoms with Gasteiger partial charge in [-0.3, -0.25) is 4.79 Å². The molecule has 106 valence electrons. The van der Waals surface area contributed by atoms with Crippen molar-refractivity contribution in [1.82, 2.24) is 14.9 Å². The summed E-state index contributed by atoms with van der Waals surface area (Å²) in [5, 5.41) is 11.1. The van der Waals surface area contributed by atoms with Crippen LogP contribution in [-0.2, 0) is 0 Å². The lowest BCUT2D eigenvalue weighted by molar-refractivity contribution is 0.0938. The standard InChI is InChI=1S/C14H10ClN3OS2/c15-10-5-3-9(4-6-10)13(12-2-1-7-20-12)16-14(19)11-8-21-18-17-11/h1-8,13H,(H,16,19)/t13-/m1/s1. The quantitative estimate of drug-likeness (QED) is 0.789. The molecule has 0 bridgehead atoms. The van der Waals surface area contributed by atoms with Crippen molar-refractivity contribution in [3.8, 4) is 0 Å². The Morgan fingerprint density at radius 1 is 1.24 bits per heavy atom. The molecule has 0 aliphatic rings. The highest BCUT2D eigenvalue weighted by Gasteiger charge is 2.20. The zero-order chi connectivity index (χ0) is 14.7. The summed E-state index contributed by atoms with van der Waals surface area (Å²) >= 11 is 8.67. The summed E-state index contributed by atoms with van der Waals surface area (Å²) < 4.78 is 3.71. The molecular weight excluding hydrogens is 326 g/mol. The van der Waals surface area contributed by atoms with Gasteiger partial charge in [0, 0.05) is 15.3 Å². The van der Waals surface area contributed by atoms with Crippen LogP contribution < -0.4 is 5.32 Å². The van der Waals surface area contributed by atoms with Crippen LogP contribution in [0.15, 0.2) is 47.2 Å². The number of rotatable bonds is 4. The predicted octanol–water partition coefficient (Wildman–Crippen LogP) is 3.77. The fraction of sp³-hybridized carbons (Fsp3) is 0.0714. The Hall–Kier alpha value is -1.76. The normalized spacial score (nSPS) is 12.0. The number of carbonyl (C=O) groups is 1. The molecule has 4 nitrogen and oxygen atoms in total. The second kappa shape index (κ2) is 6.34. The highest BCUT2D eigenvalue weighted by Crippen LogP contribution is 2.27. The Balaban J connectivity index is 1.90. The van der Waals surface area contributed by atoms with E-state index in [1.54, 1.807) is 16.7 Å². The molecule has 1 N–H and O–H groups in total. The van der Waals surface area contributed by atoms with Crippen molar-refractivity contribution in [2.75, 3.05) is 0 Å². The number of hydrogen-bond donors (Lipinski definition) is 1. The zero-order valence-electron chi connectivity index (χ0n) is 10.7. The molecule has 1 aromatic carbocycles. The van der Waals surface area contributed by atoms with E-state index in [2.05, 4.69) is 14.9 Å². The Bertz CT molecular complexity index is 711. The molecule has 0 fully saturated rings. The van der Waals surface area contributed by atoms with Gasteiger partial charge in [-0.1, -0.05) is 34.3 Å². The van der Waals surface area contributed by atoms with Crippen LogP contribution in [-0.4, -0.2) is 15.5 Å². The predicted molar refractivity (Wildman–Crippen MR) is 85.0 cm³/mol. The number of nitrogens with one attached hydrogen (secondary N) is 1. The van der Waals surface area contributed by atoms with Crippen LogP contribution >= 0.6 is 34.5 Å². The zero-order valence-corrected chi connectivity index (χ0v) is 13.1. The lowest BCUT2D eigenvalue weighted by Gasteiger charge is -2.17. The minimum atomic E-state index is -0.239. The number of nitrogens with zero attached hydrogens (tertiary/aromatic N) is 2. The van der Waals surface area contributed by atoms with Crippen LogP contribution in [0.5, 0.6) is 0 Å². The topological polar surface area (TPSA) is 54.9 Å². The second-order valence-electron chi connectivity index (χ2n) is 4.26. The van der Waals surface area contributed by atoms with Crippen LogP contribution in [0.1, 0.15) is 27.0 Å². The number of hydrogen-bond acceptors (Lipinski definition) is 5. The average molecular weight is 336 g/mol. The molecule has 2 aromatic heterocycles. The molecule has 3 rings (SSSR count). The van der Waals surface area contributed by atoms with E-state index in [1.807, 2.05) is 41.8 Å². The molecule has 21 heavy (non-hydrogen) atoms. The molecule has 2 heterocycles. The first kappa shape index (κ1) is 14.2. The van der Waals surface area contributed by atoms with Crippen LogP contribution in [0.25, 0.3) is 0 Å². The fourth-order valence-electron chi connectivity index (χ4n) is 1.90. The van der Waals surface area contributed by atoms with Gasteiger partial charge in [0.15, 0.2) is 5.69 Å². The Labute approximate surface area is 134 Å². The van der Waals surface area contributed by atoms with Gasteiger partial charge in [-0.05, 0) is 40.7 Å². The molecule has 3 aromatic rings. The van der Waals surface area contributed by atoms with E-state index in [9.17, 15) is 4.79 Å². The Morgan fingerprint density at radius 2 is 2.05 bits per heavy atom. The summed E-state index contributed by atoms with van der Waals surface area (Å²) in [6.07, 6.45) is 0. The van der Waals surface area contributed by atoms with Gasteiger partial charge in [-0.15, -0.1) is 16.4 Å². The van der Waals surface area contributed by atoms with Gasteiger partial charge in [-0.2, -0.15) is 0 Å². The summed E-state index contributed by atoms with van der Waals surface area (Å²) in [5.74, 6) is -0.239. The van der Waals surface area contributed by atoms with Gasteiger partial charge >= 0.3 is 0 Å². The van der Waals surface area contributed by atoms with E-state index in [1.165, 1.54) is 0 Å². The monoisotopic (exact) mass is 335 g/mol. The minimum absolute atomic E-state index is 0.225. The van der Waals surface area contributed by atoms with Crippen molar-refractivity contribution < 1.29 is 4.79 Å². The van der Waals surface area contributed by atoms with Crippen molar-refractivity contribution in [2.24, 2.45) is 0 Å². The van der Waals surface area contributed by atoms with Crippen LogP contribution in [0, 0.1) is 0 Å². The molecule has 7 heteroatoms. The summed E-state index contributed by atoms with van der Waals surface area (Å²) in [7, 11) is 0. The largest absolute Gasteiger partial charge is 0.339 e. The van der Waals surface area contributed by atoms with Gasteiger partial charge < -0.3 is 5.32 Å². The van der Waals surface area contributed by atoms with Gasteiger partial charge in [0.25, 0.3) is 5.91 Å². The van der Waals surface area contributed by atoms with E-state index in [4.69, 9.17) is 11.6 Å². The van der Waals surface area contributed by atoms with E-state index >= 15 is 0 Å². The van der Waals surface area contributed by atoms with Crippen LogP contribution in [0.2, 0.25) is 5.02 Å². The second-order valence-corrected chi connectivity index (χ2v) is 6.29. The summed E-state index contributed by atoms with van der Waals surface area (Å²) in [6, 6.07) is 11.2. The highest BCUT2D eigenvalue weighted by molar-refractivity contribution is 7.10. The van der Waals surface area contributed by atoms with Crippen LogP contribution in [0.3, 0.4) is 0 Å². The summed E-state index contributed by atoms with van der Waals surface area (Å²) in [6.45, 7) is 0. The molecule has 0 spiro atoms. The molecule has 0 aliphatic carbocycles. The van der Waals surface area contributed by atoms with E-state index in [-0.39, 0.29) is 11.9 Å². The maximum Gasteiger partial charge on any atom is 0.273 e. The van der Waals surface area contributed by atoms with Gasteiger partial charge in [0.1, 0.15) is 0 Å². The molecule has 0 radical (unpaired) electrons. The third-order valence-corrected chi connectivity index (χ3v) is 4.59. The summed E-state index contributed by atoms with van der Waals surface area (Å²) in [5.41, 5.74) is 1.30. The molecule has 1 atom stereocenters. The van der Waals surface area contributed by atoms with Crippen molar-refractivity contribution >= 4 is 40.4 Å². The van der Waals surface area contributed by atoms with E-state index in [0.29, 0.717) is 10.7 Å². The smallest absolute Gasteiger partial charge is 0.273 e. The summed E-state index contributed by atoms with van der Waals surface area (Å²) in [4.78, 5) is 13.3. The van der Waals surface area contributed by atoms with Crippen molar-refractivity contribution in [3.63, 3.8) is 0 Å². The third-order valence-electron chi connectivity index (χ3n) is 2.90. The third kappa shape index (κ3) is 3.29. The first-order chi connectivity index (χ1) is 10.2. The molecule has 0 saturated carbocycles. The number of carbonyl (C=O) groups excluding carboxylic acids is 1. The maximum absolute atomic E-state index is 12.2. The first-order valence-electron chi connectivity index (χ1n) is 6.11. The molecule has 1 amide bonds. The molecule has 0 unspecified atom stereocenters. The number of halogens is 1. The number of benzene rings is 1. The Morgan fingerprint density at radius 3 is 2.67 bits per heavy atom. The van der Waals surface area contributed by atoms with Crippen molar-refractivity contribution in [2.45, 2.75) is 6.04 Å². The van der Waals surface area contributed by atoms with Gasteiger partial charge in [-0.25, -0.2) is 0 Å². The van der Waals surface area contributed by atoms with E-state index in [0.717, 1.165) is 22.0 Å². The first-order valence-corrected chi connectivity index (χ1v) is 8.20. The van der Waals surface area contributed by atoms with Crippen molar-refractivity contribution in [1.29, 1.82) is 0 Å². The average Bonchev–Trinajstić information content (AvgIpc) is 3.19. The minimum Gasteiger partial charge on any atom is -0.339 e. The van der Waals surface area contributed by atoms with Crippen LogP contribution in [0.4, 0.5) is 0 Å². The SMILES string of the molecule is O=C(N[C@H](c1ccc(Cl)cc1)c1cccs1)c1csnn1. The van der Waals surface area contributed by atoms with Gasteiger partial charge in [0.05, 0.1) is 6.04 Å². The fourth-order valence-corrected chi connectivity index (χ4v) is 3.26. The Kier molecular flexibility index (Phi) is 4.28. The highest BCUT2D eigenvalue weighted by atomic mass is 35.5. The lowest BCUT2D eigenvalue weighted by atomic mass is 10.1. The van der Waals surface area contributed by atoms with E-state index < -0.39 is 0 Å². The maximum atomic E-state index is 12.2. The van der Waals surface area contributed by atoms with Gasteiger partial charge in [0.2, 0.25) is 0 Å². The number of aromatic nitrogens is 2. The molecule has 0 saturated heterocycles.